The molecule has 0 saturated carbocycles. The molecule has 9 heteroatoms. The number of morpholine rings is 1. The number of carbonyl (C=O) groups is 2. The Labute approximate surface area is 249 Å². The molecule has 4 rings (SSSR count). The normalized spacial score (nSPS) is 19.0. The van der Waals surface area contributed by atoms with Crippen molar-refractivity contribution in [2.75, 3.05) is 53.1 Å². The highest BCUT2D eigenvalue weighted by Crippen LogP contribution is 2.42. The van der Waals surface area contributed by atoms with Gasteiger partial charge in [0.15, 0.2) is 11.5 Å². The molecule has 0 bridgehead atoms. The maximum Gasteiger partial charge on any atom is 0.295 e. The minimum atomic E-state index is -0.778. The van der Waals surface area contributed by atoms with Crippen LogP contribution >= 0.6 is 0 Å². The summed E-state index contributed by atoms with van der Waals surface area (Å²) in [5, 5.41) is 11.6. The molecule has 2 aromatic carbocycles. The number of ketones is 1. The summed E-state index contributed by atoms with van der Waals surface area (Å²) in [6.07, 6.45) is 2.59. The van der Waals surface area contributed by atoms with E-state index in [1.165, 1.54) is 0 Å². The molecule has 2 fully saturated rings. The summed E-state index contributed by atoms with van der Waals surface area (Å²) in [6.45, 7) is 12.6. The SMILES string of the molecule is CCCCOc1ccc(C2/C(=C(\O)c3ccc(OC(C)C)cc3C)C(=O)C(=O)N2CCCN2CCOCC2)cc1OC. The number of aliphatic hydroxyl groups is 1. The molecule has 0 spiro atoms. The van der Waals surface area contributed by atoms with Crippen LogP contribution in [0.1, 0.15) is 62.8 Å². The summed E-state index contributed by atoms with van der Waals surface area (Å²) in [5.41, 5.74) is 1.95. The fraction of sp³-hybridized carbons (Fsp3) is 0.515. The van der Waals surface area contributed by atoms with Crippen molar-refractivity contribution in [3.63, 3.8) is 0 Å². The fourth-order valence-electron chi connectivity index (χ4n) is 5.44. The van der Waals surface area contributed by atoms with Crippen molar-refractivity contribution in [1.29, 1.82) is 0 Å². The number of rotatable bonds is 13. The van der Waals surface area contributed by atoms with Crippen molar-refractivity contribution in [3.05, 3.63) is 58.7 Å². The predicted octanol–water partition coefficient (Wildman–Crippen LogP) is 5.11. The Morgan fingerprint density at radius 1 is 1.05 bits per heavy atom. The Kier molecular flexibility index (Phi) is 10.9. The van der Waals surface area contributed by atoms with Gasteiger partial charge in [-0.05, 0) is 75.1 Å². The van der Waals surface area contributed by atoms with Gasteiger partial charge in [0.2, 0.25) is 0 Å². The average molecular weight is 581 g/mol. The van der Waals surface area contributed by atoms with Gasteiger partial charge in [0.05, 0.1) is 44.6 Å². The highest BCUT2D eigenvalue weighted by Gasteiger charge is 2.46. The van der Waals surface area contributed by atoms with Gasteiger partial charge in [-0.1, -0.05) is 19.4 Å². The molecular weight excluding hydrogens is 536 g/mol. The molecule has 2 heterocycles. The predicted molar refractivity (Wildman–Crippen MR) is 161 cm³/mol. The average Bonchev–Trinajstić information content (AvgIpc) is 3.22. The van der Waals surface area contributed by atoms with Crippen molar-refractivity contribution in [2.45, 2.75) is 59.1 Å². The minimum absolute atomic E-state index is 0.00413. The van der Waals surface area contributed by atoms with Gasteiger partial charge in [-0.3, -0.25) is 14.5 Å². The summed E-state index contributed by atoms with van der Waals surface area (Å²) in [5.74, 6) is 0.244. The Bertz CT molecular complexity index is 1280. The van der Waals surface area contributed by atoms with E-state index >= 15 is 0 Å². The number of ether oxygens (including phenoxy) is 4. The number of amides is 1. The van der Waals surface area contributed by atoms with Crippen molar-refractivity contribution in [2.24, 2.45) is 0 Å². The van der Waals surface area contributed by atoms with Gasteiger partial charge in [-0.2, -0.15) is 0 Å². The molecule has 2 saturated heterocycles. The molecule has 0 aromatic heterocycles. The molecule has 0 radical (unpaired) electrons. The maximum atomic E-state index is 13.6. The van der Waals surface area contributed by atoms with E-state index in [0.29, 0.717) is 61.2 Å². The smallest absolute Gasteiger partial charge is 0.295 e. The number of carbonyl (C=O) groups excluding carboxylic acids is 2. The highest BCUT2D eigenvalue weighted by molar-refractivity contribution is 6.46. The van der Waals surface area contributed by atoms with Crippen LogP contribution in [0.25, 0.3) is 5.76 Å². The van der Waals surface area contributed by atoms with E-state index in [4.69, 9.17) is 18.9 Å². The molecule has 42 heavy (non-hydrogen) atoms. The first-order chi connectivity index (χ1) is 20.2. The molecule has 0 aliphatic carbocycles. The quantitative estimate of drug-likeness (QED) is 0.151. The minimum Gasteiger partial charge on any atom is -0.507 e. The van der Waals surface area contributed by atoms with Crippen LogP contribution in [0.2, 0.25) is 0 Å². The second-order valence-electron chi connectivity index (χ2n) is 11.1. The molecule has 2 aromatic rings. The first kappa shape index (κ1) is 31.4. The van der Waals surface area contributed by atoms with Crippen LogP contribution in [0.5, 0.6) is 17.2 Å². The number of aliphatic hydroxyl groups excluding tert-OH is 1. The molecule has 2 aliphatic heterocycles. The molecule has 2 aliphatic rings. The number of Topliss-reactive ketones (excluding diaryl/α,β-unsaturated/α-hetero) is 1. The van der Waals surface area contributed by atoms with E-state index < -0.39 is 17.7 Å². The zero-order valence-electron chi connectivity index (χ0n) is 25.5. The van der Waals surface area contributed by atoms with Gasteiger partial charge in [0.25, 0.3) is 11.7 Å². The molecule has 1 unspecified atom stereocenters. The van der Waals surface area contributed by atoms with E-state index in [-0.39, 0.29) is 17.4 Å². The largest absolute Gasteiger partial charge is 0.507 e. The van der Waals surface area contributed by atoms with Gasteiger partial charge in [-0.15, -0.1) is 0 Å². The van der Waals surface area contributed by atoms with Crippen molar-refractivity contribution >= 4 is 17.4 Å². The summed E-state index contributed by atoms with van der Waals surface area (Å²) in [7, 11) is 1.56. The standard InChI is InChI=1S/C33H44N2O7/c1-6-7-17-41-27-12-9-24(21-28(27)39-5)30-29(31(36)26-11-10-25(20-23(26)4)42-22(2)3)32(37)33(38)35(30)14-8-13-34-15-18-40-19-16-34/h9-12,20-22,30,36H,6-8,13-19H2,1-5H3/b31-29+. The second-order valence-corrected chi connectivity index (χ2v) is 11.1. The van der Waals surface area contributed by atoms with E-state index in [1.54, 1.807) is 36.3 Å². The number of hydrogen-bond donors (Lipinski definition) is 1. The monoisotopic (exact) mass is 580 g/mol. The second kappa shape index (κ2) is 14.6. The van der Waals surface area contributed by atoms with Crippen LogP contribution in [0, 0.1) is 6.92 Å². The number of benzene rings is 2. The van der Waals surface area contributed by atoms with Gasteiger partial charge >= 0.3 is 0 Å². The zero-order valence-corrected chi connectivity index (χ0v) is 25.5. The van der Waals surface area contributed by atoms with Crippen LogP contribution in [0.4, 0.5) is 0 Å². The lowest BCUT2D eigenvalue weighted by atomic mass is 9.93. The highest BCUT2D eigenvalue weighted by atomic mass is 16.5. The number of hydrogen-bond acceptors (Lipinski definition) is 8. The third-order valence-electron chi connectivity index (χ3n) is 7.60. The Morgan fingerprint density at radius 2 is 1.81 bits per heavy atom. The van der Waals surface area contributed by atoms with Gasteiger partial charge in [0, 0.05) is 31.7 Å². The third kappa shape index (κ3) is 7.25. The van der Waals surface area contributed by atoms with Gasteiger partial charge in [0.1, 0.15) is 11.5 Å². The number of nitrogens with zero attached hydrogens (tertiary/aromatic N) is 2. The number of likely N-dealkylation sites (tertiary alicyclic amines) is 1. The number of methoxy groups -OCH3 is 1. The van der Waals surface area contributed by atoms with Crippen LogP contribution in [-0.4, -0.2) is 85.8 Å². The first-order valence-corrected chi connectivity index (χ1v) is 14.9. The molecule has 1 N–H and O–H groups in total. The van der Waals surface area contributed by atoms with Crippen LogP contribution < -0.4 is 14.2 Å². The molecule has 9 nitrogen and oxygen atoms in total. The van der Waals surface area contributed by atoms with Crippen molar-refractivity contribution in [3.8, 4) is 17.2 Å². The summed E-state index contributed by atoms with van der Waals surface area (Å²) in [6, 6.07) is 9.99. The third-order valence-corrected chi connectivity index (χ3v) is 7.60. The lowest BCUT2D eigenvalue weighted by molar-refractivity contribution is -0.140. The molecule has 1 amide bonds. The Hall–Kier alpha value is -3.56. The molecular formula is C33H44N2O7. The molecule has 1 atom stereocenters. The number of aryl methyl sites for hydroxylation is 1. The Balaban J connectivity index is 1.72. The summed E-state index contributed by atoms with van der Waals surface area (Å²) < 4.78 is 22.8. The van der Waals surface area contributed by atoms with Crippen LogP contribution in [0.15, 0.2) is 42.0 Å². The van der Waals surface area contributed by atoms with E-state index in [9.17, 15) is 14.7 Å². The lowest BCUT2D eigenvalue weighted by Crippen LogP contribution is -2.39. The lowest BCUT2D eigenvalue weighted by Gasteiger charge is -2.29. The van der Waals surface area contributed by atoms with Crippen LogP contribution in [-0.2, 0) is 14.3 Å². The van der Waals surface area contributed by atoms with Crippen molar-refractivity contribution in [1.82, 2.24) is 9.80 Å². The fourth-order valence-corrected chi connectivity index (χ4v) is 5.44. The van der Waals surface area contributed by atoms with Crippen LogP contribution in [0.3, 0.4) is 0 Å². The molecule has 228 valence electrons. The number of unbranched alkanes of at least 4 members (excludes halogenated alkanes) is 1. The Morgan fingerprint density at radius 3 is 2.48 bits per heavy atom. The van der Waals surface area contributed by atoms with E-state index in [0.717, 1.165) is 38.0 Å². The van der Waals surface area contributed by atoms with E-state index in [2.05, 4.69) is 11.8 Å². The van der Waals surface area contributed by atoms with E-state index in [1.807, 2.05) is 32.9 Å². The summed E-state index contributed by atoms with van der Waals surface area (Å²) in [4.78, 5) is 30.9. The van der Waals surface area contributed by atoms with Gasteiger partial charge in [-0.25, -0.2) is 0 Å². The van der Waals surface area contributed by atoms with Crippen molar-refractivity contribution < 1.29 is 33.6 Å². The summed E-state index contributed by atoms with van der Waals surface area (Å²) >= 11 is 0. The topological polar surface area (TPSA) is 97.8 Å². The first-order valence-electron chi connectivity index (χ1n) is 14.9. The maximum absolute atomic E-state index is 13.6. The van der Waals surface area contributed by atoms with Gasteiger partial charge < -0.3 is 29.0 Å². The zero-order chi connectivity index (χ0) is 30.2.